The molecular formula is C16H21N3O2S. The Kier molecular flexibility index (Phi) is 4.59. The average Bonchev–Trinajstić information content (AvgIpc) is 3.11. The van der Waals surface area contributed by atoms with Crippen LogP contribution in [0.2, 0.25) is 0 Å². The Bertz CT molecular complexity index is 617. The molecular weight excluding hydrogens is 298 g/mol. The van der Waals surface area contributed by atoms with Crippen LogP contribution >= 0.6 is 11.3 Å². The summed E-state index contributed by atoms with van der Waals surface area (Å²) in [5.74, 6) is 0.353. The van der Waals surface area contributed by atoms with E-state index in [1.165, 1.54) is 5.56 Å². The van der Waals surface area contributed by atoms with E-state index in [9.17, 15) is 9.90 Å². The number of rotatable bonds is 6. The van der Waals surface area contributed by atoms with Crippen molar-refractivity contribution in [1.82, 2.24) is 15.1 Å². The predicted octanol–water partition coefficient (Wildman–Crippen LogP) is 2.04. The molecule has 0 aliphatic heterocycles. The highest BCUT2D eigenvalue weighted by molar-refractivity contribution is 7.07. The van der Waals surface area contributed by atoms with Gasteiger partial charge in [-0.1, -0.05) is 0 Å². The molecule has 0 radical (unpaired) electrons. The zero-order valence-corrected chi connectivity index (χ0v) is 13.4. The number of aliphatic hydroxyl groups excluding tert-OH is 1. The Morgan fingerprint density at radius 2 is 2.41 bits per heavy atom. The number of nitrogens with zero attached hydrogens (tertiary/aromatic N) is 2. The molecule has 0 aromatic carbocycles. The Morgan fingerprint density at radius 3 is 3.00 bits per heavy atom. The highest BCUT2D eigenvalue weighted by Crippen LogP contribution is 2.38. The summed E-state index contributed by atoms with van der Waals surface area (Å²) in [6.45, 7) is 0. The Balaban J connectivity index is 1.61. The molecule has 1 saturated carbocycles. The number of nitrogens with one attached hydrogen (secondary N) is 1. The van der Waals surface area contributed by atoms with Gasteiger partial charge in [0, 0.05) is 25.2 Å². The maximum atomic E-state index is 12.3. The van der Waals surface area contributed by atoms with Crippen LogP contribution in [0.5, 0.6) is 0 Å². The molecule has 6 heteroatoms. The van der Waals surface area contributed by atoms with E-state index in [0.717, 1.165) is 24.8 Å². The standard InChI is InChI=1S/C16H21N3O2S/c1-19-9-13(8-17-19)16(12-6-14(20)7-12)18-15(21)3-2-11-4-5-22-10-11/h4-5,8-10,12,14,16,20H,2-3,6-7H2,1H3,(H,18,21)/t12?,14?,16-/m0/s1. The Morgan fingerprint density at radius 1 is 1.59 bits per heavy atom. The molecule has 1 atom stereocenters. The second kappa shape index (κ2) is 6.62. The van der Waals surface area contributed by atoms with Crippen molar-refractivity contribution in [2.24, 2.45) is 13.0 Å². The van der Waals surface area contributed by atoms with Gasteiger partial charge in [-0.15, -0.1) is 0 Å². The largest absolute Gasteiger partial charge is 0.393 e. The van der Waals surface area contributed by atoms with Gasteiger partial charge in [-0.05, 0) is 47.6 Å². The molecule has 1 aliphatic rings. The Hall–Kier alpha value is -1.66. The quantitative estimate of drug-likeness (QED) is 0.856. The lowest BCUT2D eigenvalue weighted by molar-refractivity contribution is -0.123. The molecule has 22 heavy (non-hydrogen) atoms. The molecule has 5 nitrogen and oxygen atoms in total. The second-order valence-electron chi connectivity index (χ2n) is 6.01. The smallest absolute Gasteiger partial charge is 0.220 e. The van der Waals surface area contributed by atoms with E-state index in [2.05, 4.69) is 21.9 Å². The molecule has 0 unspecified atom stereocenters. The molecule has 1 fully saturated rings. The minimum Gasteiger partial charge on any atom is -0.393 e. The van der Waals surface area contributed by atoms with E-state index in [-0.39, 0.29) is 18.1 Å². The van der Waals surface area contributed by atoms with Crippen LogP contribution in [0, 0.1) is 5.92 Å². The molecule has 2 aromatic heterocycles. The van der Waals surface area contributed by atoms with Gasteiger partial charge < -0.3 is 10.4 Å². The second-order valence-corrected chi connectivity index (χ2v) is 6.79. The van der Waals surface area contributed by atoms with Crippen molar-refractivity contribution < 1.29 is 9.90 Å². The number of thiophene rings is 1. The van der Waals surface area contributed by atoms with E-state index in [0.29, 0.717) is 12.3 Å². The number of hydrogen-bond acceptors (Lipinski definition) is 4. The first-order valence-electron chi connectivity index (χ1n) is 7.59. The van der Waals surface area contributed by atoms with E-state index >= 15 is 0 Å². The third-order valence-electron chi connectivity index (χ3n) is 4.24. The van der Waals surface area contributed by atoms with Gasteiger partial charge in [0.2, 0.25) is 5.91 Å². The van der Waals surface area contributed by atoms with Crippen LogP contribution in [0.3, 0.4) is 0 Å². The van der Waals surface area contributed by atoms with Crippen molar-refractivity contribution in [2.45, 2.75) is 37.8 Å². The zero-order valence-electron chi connectivity index (χ0n) is 12.6. The first-order chi connectivity index (χ1) is 10.6. The number of aromatic nitrogens is 2. The summed E-state index contributed by atoms with van der Waals surface area (Å²) >= 11 is 1.65. The topological polar surface area (TPSA) is 67.2 Å². The maximum absolute atomic E-state index is 12.3. The van der Waals surface area contributed by atoms with E-state index in [4.69, 9.17) is 0 Å². The third-order valence-corrected chi connectivity index (χ3v) is 4.97. The molecule has 2 heterocycles. The summed E-state index contributed by atoms with van der Waals surface area (Å²) in [4.78, 5) is 12.3. The molecule has 0 bridgehead atoms. The van der Waals surface area contributed by atoms with Crippen LogP contribution in [0.1, 0.15) is 36.4 Å². The molecule has 3 rings (SSSR count). The normalized spacial score (nSPS) is 22.1. The van der Waals surface area contributed by atoms with Crippen molar-refractivity contribution in [2.75, 3.05) is 0 Å². The fourth-order valence-electron chi connectivity index (χ4n) is 2.91. The summed E-state index contributed by atoms with van der Waals surface area (Å²) in [5.41, 5.74) is 2.22. The number of amides is 1. The summed E-state index contributed by atoms with van der Waals surface area (Å²) in [6, 6.07) is 2.01. The fourth-order valence-corrected chi connectivity index (χ4v) is 3.62. The van der Waals surface area contributed by atoms with Crippen molar-refractivity contribution in [3.8, 4) is 0 Å². The molecule has 1 aliphatic carbocycles. The highest BCUT2D eigenvalue weighted by Gasteiger charge is 2.36. The number of aliphatic hydroxyl groups is 1. The van der Waals surface area contributed by atoms with Gasteiger partial charge in [-0.3, -0.25) is 9.48 Å². The predicted molar refractivity (Wildman–Crippen MR) is 85.5 cm³/mol. The SMILES string of the molecule is Cn1cc([C@@H](NC(=O)CCc2ccsc2)C2CC(O)C2)cn1. The summed E-state index contributed by atoms with van der Waals surface area (Å²) in [7, 11) is 1.87. The van der Waals surface area contributed by atoms with Crippen LogP contribution in [0.4, 0.5) is 0 Å². The van der Waals surface area contributed by atoms with Gasteiger partial charge in [0.25, 0.3) is 0 Å². The van der Waals surface area contributed by atoms with Crippen molar-refractivity contribution >= 4 is 17.2 Å². The number of carbonyl (C=O) groups is 1. The van der Waals surface area contributed by atoms with Crippen LogP contribution in [0.25, 0.3) is 0 Å². The minimum atomic E-state index is -0.230. The van der Waals surface area contributed by atoms with Crippen LogP contribution in [-0.2, 0) is 18.3 Å². The highest BCUT2D eigenvalue weighted by atomic mass is 32.1. The van der Waals surface area contributed by atoms with Crippen LogP contribution in [-0.4, -0.2) is 26.9 Å². The van der Waals surface area contributed by atoms with Gasteiger partial charge in [0.05, 0.1) is 18.3 Å². The van der Waals surface area contributed by atoms with E-state index in [1.54, 1.807) is 22.2 Å². The first-order valence-corrected chi connectivity index (χ1v) is 8.53. The number of aryl methyl sites for hydroxylation is 2. The van der Waals surface area contributed by atoms with Crippen molar-refractivity contribution in [3.63, 3.8) is 0 Å². The summed E-state index contributed by atoms with van der Waals surface area (Å²) in [6.07, 6.45) is 6.25. The lowest BCUT2D eigenvalue weighted by Crippen LogP contribution is -2.41. The van der Waals surface area contributed by atoms with Crippen molar-refractivity contribution in [3.05, 3.63) is 40.3 Å². The number of carbonyl (C=O) groups excluding carboxylic acids is 1. The zero-order chi connectivity index (χ0) is 15.5. The average molecular weight is 319 g/mol. The minimum absolute atomic E-state index is 0.0490. The third kappa shape index (κ3) is 3.56. The molecule has 2 N–H and O–H groups in total. The van der Waals surface area contributed by atoms with Gasteiger partial charge >= 0.3 is 0 Å². The monoisotopic (exact) mass is 319 g/mol. The summed E-state index contributed by atoms with van der Waals surface area (Å²) < 4.78 is 1.74. The number of hydrogen-bond donors (Lipinski definition) is 2. The molecule has 2 aromatic rings. The molecule has 118 valence electrons. The molecule has 1 amide bonds. The maximum Gasteiger partial charge on any atom is 0.220 e. The van der Waals surface area contributed by atoms with Gasteiger partial charge in [0.15, 0.2) is 0 Å². The van der Waals surface area contributed by atoms with Gasteiger partial charge in [0.1, 0.15) is 0 Å². The van der Waals surface area contributed by atoms with Crippen molar-refractivity contribution in [1.29, 1.82) is 0 Å². The van der Waals surface area contributed by atoms with E-state index in [1.807, 2.05) is 18.6 Å². The van der Waals surface area contributed by atoms with E-state index < -0.39 is 0 Å². The lowest BCUT2D eigenvalue weighted by Gasteiger charge is -2.37. The van der Waals surface area contributed by atoms with Crippen LogP contribution in [0.15, 0.2) is 29.2 Å². The van der Waals surface area contributed by atoms with Crippen LogP contribution < -0.4 is 5.32 Å². The fraction of sp³-hybridized carbons (Fsp3) is 0.500. The van der Waals surface area contributed by atoms with Gasteiger partial charge in [-0.25, -0.2) is 0 Å². The van der Waals surface area contributed by atoms with Gasteiger partial charge in [-0.2, -0.15) is 16.4 Å². The summed E-state index contributed by atoms with van der Waals surface area (Å²) in [5, 5.41) is 21.0. The molecule has 0 saturated heterocycles. The Labute approximate surface area is 134 Å². The lowest BCUT2D eigenvalue weighted by atomic mass is 9.75. The molecule has 0 spiro atoms. The first kappa shape index (κ1) is 15.2.